The first-order chi connectivity index (χ1) is 27.6. The van der Waals surface area contributed by atoms with Crippen molar-refractivity contribution in [2.75, 3.05) is 0 Å². The van der Waals surface area contributed by atoms with Gasteiger partial charge in [-0.1, -0.05) is 125 Å². The molecule has 6 heteroatoms. The molecule has 0 fully saturated rings. The first kappa shape index (κ1) is 31.0. The van der Waals surface area contributed by atoms with Gasteiger partial charge in [0, 0.05) is 63.3 Å². The van der Waals surface area contributed by atoms with E-state index in [0.717, 1.165) is 22.9 Å². The van der Waals surface area contributed by atoms with E-state index in [1.54, 1.807) is 0 Å². The molecule has 2 aliphatic rings. The number of aryl methyl sites for hydroxylation is 2. The predicted octanol–water partition coefficient (Wildman–Crippen LogP) is 12.0. The van der Waals surface area contributed by atoms with E-state index in [2.05, 4.69) is 175 Å². The third kappa shape index (κ3) is 4.05. The van der Waals surface area contributed by atoms with E-state index in [9.17, 15) is 0 Å². The second kappa shape index (κ2) is 11.2. The summed E-state index contributed by atoms with van der Waals surface area (Å²) in [5.74, 6) is 1.88. The fourth-order valence-electron chi connectivity index (χ4n) is 9.85. The Morgan fingerprint density at radius 2 is 1.12 bits per heavy atom. The average Bonchev–Trinajstić information content (AvgIpc) is 3.89. The van der Waals surface area contributed by atoms with Crippen molar-refractivity contribution < 1.29 is 4.74 Å². The van der Waals surface area contributed by atoms with Crippen LogP contribution in [0.5, 0.6) is 11.5 Å². The summed E-state index contributed by atoms with van der Waals surface area (Å²) in [6, 6.07) is 56.2. The maximum atomic E-state index is 6.99. The van der Waals surface area contributed by atoms with E-state index in [-0.39, 0.29) is 6.71 Å². The van der Waals surface area contributed by atoms with Gasteiger partial charge in [-0.05, 0) is 73.3 Å². The number of para-hydroxylation sites is 3. The maximum Gasteiger partial charge on any atom is 0.253 e. The lowest BCUT2D eigenvalue weighted by molar-refractivity contribution is 0.486. The van der Waals surface area contributed by atoms with Gasteiger partial charge < -0.3 is 13.9 Å². The number of rotatable bonds is 2. The lowest BCUT2D eigenvalue weighted by Crippen LogP contribution is -2.57. The number of hydrogen-bond donors (Lipinski definition) is 0. The van der Waals surface area contributed by atoms with Crippen LogP contribution < -0.4 is 21.1 Å². The summed E-state index contributed by atoms with van der Waals surface area (Å²) in [5, 5.41) is 7.70. The summed E-state index contributed by atoms with van der Waals surface area (Å²) < 4.78 is 14.7. The first-order valence-corrected chi connectivity index (χ1v) is 20.8. The standard InChI is InChI=1S/C50H31BN2OS2/c1-28-20-22-39-35(24-28)51-36-25-29(2)21-23-42(36)55-43-27-31(26-40(54-39)47(43)51)53-37-17-9-6-14-32(37)44-48-45(50-46(49(44)53)34-16-8-11-19-41(34)56-50)33-15-7-10-18-38(33)52(48)30-12-4-3-5-13-30/h3-27H,1-2H3. The third-order valence-electron chi connectivity index (χ3n) is 12.1. The zero-order chi connectivity index (χ0) is 36.8. The summed E-state index contributed by atoms with van der Waals surface area (Å²) in [4.78, 5) is 2.57. The molecule has 0 radical (unpaired) electrons. The van der Waals surface area contributed by atoms with Gasteiger partial charge in [-0.15, -0.1) is 11.3 Å². The van der Waals surface area contributed by atoms with E-state index in [1.807, 2.05) is 23.1 Å². The number of hydrogen-bond acceptors (Lipinski definition) is 3. The van der Waals surface area contributed by atoms with Crippen LogP contribution in [0, 0.1) is 13.8 Å². The topological polar surface area (TPSA) is 19.1 Å². The molecule has 8 aromatic carbocycles. The molecule has 5 heterocycles. The number of benzene rings is 8. The highest BCUT2D eigenvalue weighted by atomic mass is 32.2. The van der Waals surface area contributed by atoms with Crippen LogP contribution in [-0.2, 0) is 0 Å². The quantitative estimate of drug-likeness (QED) is 0.164. The largest absolute Gasteiger partial charge is 0.458 e. The maximum absolute atomic E-state index is 6.99. The fraction of sp³-hybridized carbons (Fsp3) is 0.0400. The molecule has 0 amide bonds. The van der Waals surface area contributed by atoms with Gasteiger partial charge in [0.05, 0.1) is 27.8 Å². The molecular weight excluding hydrogens is 720 g/mol. The van der Waals surface area contributed by atoms with Gasteiger partial charge in [-0.3, -0.25) is 0 Å². The number of thiophene rings is 1. The highest BCUT2D eigenvalue weighted by Gasteiger charge is 2.40. The van der Waals surface area contributed by atoms with Crippen molar-refractivity contribution >= 4 is 110 Å². The number of aromatic nitrogens is 2. The number of ether oxygens (including phenoxy) is 1. The second-order valence-corrected chi connectivity index (χ2v) is 17.5. The van der Waals surface area contributed by atoms with E-state index < -0.39 is 0 Å². The van der Waals surface area contributed by atoms with Crippen molar-refractivity contribution in [3.8, 4) is 22.9 Å². The molecule has 0 bridgehead atoms. The molecule has 11 aromatic rings. The third-order valence-corrected chi connectivity index (χ3v) is 14.4. The van der Waals surface area contributed by atoms with Crippen molar-refractivity contribution in [3.05, 3.63) is 163 Å². The summed E-state index contributed by atoms with van der Waals surface area (Å²) in [6.07, 6.45) is 0. The molecule has 0 saturated heterocycles. The molecule has 0 N–H and O–H groups in total. The Bertz CT molecular complexity index is 3440. The second-order valence-electron chi connectivity index (χ2n) is 15.4. The van der Waals surface area contributed by atoms with Crippen LogP contribution in [0.2, 0.25) is 0 Å². The molecule has 0 unspecified atom stereocenters. The lowest BCUT2D eigenvalue weighted by Gasteiger charge is -2.33. The number of nitrogens with zero attached hydrogens (tertiary/aromatic N) is 2. The van der Waals surface area contributed by atoms with Crippen molar-refractivity contribution in [2.45, 2.75) is 23.6 Å². The van der Waals surface area contributed by atoms with Crippen molar-refractivity contribution in [1.82, 2.24) is 9.13 Å². The molecule has 262 valence electrons. The van der Waals surface area contributed by atoms with E-state index in [1.165, 1.54) is 101 Å². The molecular formula is C50H31BN2OS2. The smallest absolute Gasteiger partial charge is 0.253 e. The van der Waals surface area contributed by atoms with Crippen LogP contribution in [0.4, 0.5) is 0 Å². The minimum Gasteiger partial charge on any atom is -0.458 e. The molecule has 0 atom stereocenters. The van der Waals surface area contributed by atoms with Crippen LogP contribution in [0.1, 0.15) is 11.1 Å². The Hall–Kier alpha value is -6.21. The van der Waals surface area contributed by atoms with Crippen molar-refractivity contribution in [2.24, 2.45) is 0 Å². The normalized spacial score (nSPS) is 13.2. The van der Waals surface area contributed by atoms with Crippen LogP contribution in [0.3, 0.4) is 0 Å². The van der Waals surface area contributed by atoms with Gasteiger partial charge in [-0.25, -0.2) is 0 Å². The Balaban J connectivity index is 1.22. The Labute approximate surface area is 331 Å². The summed E-state index contributed by atoms with van der Waals surface area (Å²) >= 11 is 3.79. The zero-order valence-corrected chi connectivity index (χ0v) is 32.3. The zero-order valence-electron chi connectivity index (χ0n) is 30.6. The van der Waals surface area contributed by atoms with Crippen LogP contribution in [0.25, 0.3) is 75.2 Å². The van der Waals surface area contributed by atoms with Crippen LogP contribution in [-0.4, -0.2) is 15.8 Å². The fourth-order valence-corrected chi connectivity index (χ4v) is 12.3. The molecule has 0 spiro atoms. The van der Waals surface area contributed by atoms with Crippen LogP contribution in [0.15, 0.2) is 161 Å². The van der Waals surface area contributed by atoms with Crippen LogP contribution >= 0.6 is 23.1 Å². The number of fused-ring (bicyclic) bond motifs is 16. The minimum atomic E-state index is 0.112. The molecule has 0 saturated carbocycles. The highest BCUT2D eigenvalue weighted by molar-refractivity contribution is 8.00. The average molecular weight is 751 g/mol. The molecule has 3 aromatic heterocycles. The molecule has 56 heavy (non-hydrogen) atoms. The summed E-state index contributed by atoms with van der Waals surface area (Å²) in [7, 11) is 0. The minimum absolute atomic E-state index is 0.112. The molecule has 0 aliphatic carbocycles. The molecule has 13 rings (SSSR count). The Morgan fingerprint density at radius 1 is 0.500 bits per heavy atom. The van der Waals surface area contributed by atoms with Gasteiger partial charge in [0.2, 0.25) is 0 Å². The summed E-state index contributed by atoms with van der Waals surface area (Å²) in [5.41, 5.74) is 13.6. The first-order valence-electron chi connectivity index (χ1n) is 19.2. The van der Waals surface area contributed by atoms with E-state index in [4.69, 9.17) is 4.74 Å². The van der Waals surface area contributed by atoms with Gasteiger partial charge >= 0.3 is 0 Å². The lowest BCUT2D eigenvalue weighted by atomic mass is 9.35. The predicted molar refractivity (Wildman–Crippen MR) is 239 cm³/mol. The van der Waals surface area contributed by atoms with Crippen molar-refractivity contribution in [1.29, 1.82) is 0 Å². The summed E-state index contributed by atoms with van der Waals surface area (Å²) in [6.45, 7) is 4.49. The Kier molecular flexibility index (Phi) is 6.21. The van der Waals surface area contributed by atoms with E-state index >= 15 is 0 Å². The van der Waals surface area contributed by atoms with Gasteiger partial charge in [0.15, 0.2) is 0 Å². The molecule has 3 nitrogen and oxygen atoms in total. The van der Waals surface area contributed by atoms with Gasteiger partial charge in [0.1, 0.15) is 11.5 Å². The van der Waals surface area contributed by atoms with Gasteiger partial charge in [-0.2, -0.15) is 0 Å². The molecule has 2 aliphatic heterocycles. The van der Waals surface area contributed by atoms with E-state index in [0.29, 0.717) is 0 Å². The van der Waals surface area contributed by atoms with Crippen molar-refractivity contribution in [3.63, 3.8) is 0 Å². The highest BCUT2D eigenvalue weighted by Crippen LogP contribution is 2.51. The monoisotopic (exact) mass is 750 g/mol. The SMILES string of the molecule is Cc1ccc2c(c1)B1c3cc(C)ccc3Sc3cc(-n4c5ccccc5c5c6c(c7ccccc7n6-c6ccccc6)c6sc7ccccc7c6c54)cc(c31)O2. The Morgan fingerprint density at radius 3 is 1.91 bits per heavy atom. The van der Waals surface area contributed by atoms with Gasteiger partial charge in [0.25, 0.3) is 6.71 Å².